The highest BCUT2D eigenvalue weighted by molar-refractivity contribution is 5.88. The number of benzene rings is 1. The Morgan fingerprint density at radius 3 is 3.00 bits per heavy atom. The van der Waals surface area contributed by atoms with Gasteiger partial charge in [-0.2, -0.15) is 0 Å². The van der Waals surface area contributed by atoms with Crippen LogP contribution < -0.4 is 5.32 Å². The molecule has 0 radical (unpaired) electrons. The number of rotatable bonds is 4. The van der Waals surface area contributed by atoms with Crippen molar-refractivity contribution in [2.45, 2.75) is 6.54 Å². The monoisotopic (exact) mass is 247 g/mol. The lowest BCUT2D eigenvalue weighted by atomic mass is 10.2. The molecule has 2 N–H and O–H groups in total. The van der Waals surface area contributed by atoms with Gasteiger partial charge in [0.15, 0.2) is 0 Å². The zero-order chi connectivity index (χ0) is 13.0. The van der Waals surface area contributed by atoms with Crippen LogP contribution in [0.2, 0.25) is 0 Å². The highest BCUT2D eigenvalue weighted by Crippen LogP contribution is 2.11. The fourth-order valence-corrected chi connectivity index (χ4v) is 1.46. The molecule has 0 atom stereocenters. The number of hydrogen-bond donors (Lipinski definition) is 2. The summed E-state index contributed by atoms with van der Waals surface area (Å²) in [5.74, 6) is -1.45. The molecule has 0 saturated carbocycles. The quantitative estimate of drug-likeness (QED) is 0.863. The second-order valence-electron chi connectivity index (χ2n) is 3.55. The Morgan fingerprint density at radius 2 is 2.28 bits per heavy atom. The summed E-state index contributed by atoms with van der Waals surface area (Å²) in [5.41, 5.74) is 0.938. The number of halogens is 1. The molecule has 0 spiro atoms. The van der Waals surface area contributed by atoms with Gasteiger partial charge < -0.3 is 10.4 Å². The predicted molar refractivity (Wildman–Crippen MR) is 62.7 cm³/mol. The van der Waals surface area contributed by atoms with E-state index in [-0.39, 0.29) is 17.9 Å². The molecule has 5 nitrogen and oxygen atoms in total. The highest BCUT2D eigenvalue weighted by Gasteiger charge is 2.10. The Balaban J connectivity index is 2.13. The minimum Gasteiger partial charge on any atom is -0.478 e. The van der Waals surface area contributed by atoms with Crippen LogP contribution in [-0.4, -0.2) is 21.0 Å². The van der Waals surface area contributed by atoms with Crippen molar-refractivity contribution in [3.05, 3.63) is 53.9 Å². The summed E-state index contributed by atoms with van der Waals surface area (Å²) in [7, 11) is 0. The molecule has 0 saturated heterocycles. The predicted octanol–water partition coefficient (Wildman–Crippen LogP) is 1.93. The molecule has 0 aliphatic heterocycles. The Bertz CT molecular complexity index is 575. The molecule has 1 aromatic heterocycles. The first-order valence-corrected chi connectivity index (χ1v) is 5.18. The molecule has 2 rings (SSSR count). The summed E-state index contributed by atoms with van der Waals surface area (Å²) in [6.07, 6.45) is 2.51. The zero-order valence-corrected chi connectivity index (χ0v) is 9.30. The van der Waals surface area contributed by atoms with Crippen LogP contribution in [0.5, 0.6) is 0 Å². The van der Waals surface area contributed by atoms with Gasteiger partial charge in [-0.25, -0.2) is 19.2 Å². The van der Waals surface area contributed by atoms with Gasteiger partial charge in [0.25, 0.3) is 0 Å². The van der Waals surface area contributed by atoms with Crippen LogP contribution in [0, 0.1) is 5.82 Å². The highest BCUT2D eigenvalue weighted by atomic mass is 19.1. The van der Waals surface area contributed by atoms with Crippen LogP contribution in [0.4, 0.5) is 10.1 Å². The minimum atomic E-state index is -1.09. The normalized spacial score (nSPS) is 10.1. The molecule has 0 aliphatic carbocycles. The van der Waals surface area contributed by atoms with E-state index in [0.29, 0.717) is 11.4 Å². The van der Waals surface area contributed by atoms with E-state index in [1.165, 1.54) is 24.7 Å². The second kappa shape index (κ2) is 5.22. The zero-order valence-electron chi connectivity index (χ0n) is 9.30. The minimum absolute atomic E-state index is 0.0291. The molecular formula is C12H10FN3O2. The number of carbonyl (C=O) groups is 1. The van der Waals surface area contributed by atoms with Crippen LogP contribution in [0.3, 0.4) is 0 Å². The number of carboxylic acid groups (broad SMARTS) is 1. The van der Waals surface area contributed by atoms with Gasteiger partial charge in [0.05, 0.1) is 12.2 Å². The molecule has 0 aliphatic rings. The Labute approximate surface area is 102 Å². The van der Waals surface area contributed by atoms with Crippen molar-refractivity contribution in [1.82, 2.24) is 9.97 Å². The van der Waals surface area contributed by atoms with Crippen LogP contribution in [0.1, 0.15) is 16.1 Å². The van der Waals surface area contributed by atoms with E-state index in [0.717, 1.165) is 0 Å². The van der Waals surface area contributed by atoms with Crippen LogP contribution in [-0.2, 0) is 6.54 Å². The van der Waals surface area contributed by atoms with Gasteiger partial charge >= 0.3 is 5.97 Å². The second-order valence-corrected chi connectivity index (χ2v) is 3.55. The van der Waals surface area contributed by atoms with Gasteiger partial charge in [0.2, 0.25) is 0 Å². The third-order valence-corrected chi connectivity index (χ3v) is 2.31. The number of nitrogens with one attached hydrogen (secondary N) is 1. The van der Waals surface area contributed by atoms with Crippen LogP contribution in [0.25, 0.3) is 0 Å². The Hall–Kier alpha value is -2.50. The molecular weight excluding hydrogens is 237 g/mol. The van der Waals surface area contributed by atoms with Gasteiger partial charge in [0.1, 0.15) is 17.7 Å². The number of anilines is 1. The van der Waals surface area contributed by atoms with Crippen LogP contribution in [0.15, 0.2) is 36.8 Å². The van der Waals surface area contributed by atoms with Gasteiger partial charge in [-0.3, -0.25) is 0 Å². The summed E-state index contributed by atoms with van der Waals surface area (Å²) in [6, 6.07) is 5.90. The lowest BCUT2D eigenvalue weighted by molar-refractivity contribution is 0.0694. The first-order valence-electron chi connectivity index (χ1n) is 5.18. The van der Waals surface area contributed by atoms with Crippen molar-refractivity contribution in [2.24, 2.45) is 0 Å². The van der Waals surface area contributed by atoms with E-state index in [9.17, 15) is 9.18 Å². The number of carboxylic acids is 1. The summed E-state index contributed by atoms with van der Waals surface area (Å²) >= 11 is 0. The van der Waals surface area contributed by atoms with Crippen molar-refractivity contribution in [1.29, 1.82) is 0 Å². The Morgan fingerprint density at radius 1 is 1.44 bits per heavy atom. The number of aromatic nitrogens is 2. The van der Waals surface area contributed by atoms with Gasteiger partial charge in [-0.05, 0) is 18.2 Å². The van der Waals surface area contributed by atoms with Crippen molar-refractivity contribution in [2.75, 3.05) is 5.32 Å². The first-order chi connectivity index (χ1) is 8.66. The molecule has 0 unspecified atom stereocenters. The maximum Gasteiger partial charge on any atom is 0.339 e. The van der Waals surface area contributed by atoms with Crippen molar-refractivity contribution >= 4 is 11.7 Å². The summed E-state index contributed by atoms with van der Waals surface area (Å²) < 4.78 is 12.9. The lowest BCUT2D eigenvalue weighted by Gasteiger charge is -2.07. The Kier molecular flexibility index (Phi) is 3.47. The first kappa shape index (κ1) is 12.0. The van der Waals surface area contributed by atoms with Crippen molar-refractivity contribution < 1.29 is 14.3 Å². The molecule has 18 heavy (non-hydrogen) atoms. The topological polar surface area (TPSA) is 75.1 Å². The smallest absolute Gasteiger partial charge is 0.339 e. The van der Waals surface area contributed by atoms with Gasteiger partial charge in [-0.15, -0.1) is 0 Å². The van der Waals surface area contributed by atoms with E-state index >= 15 is 0 Å². The van der Waals surface area contributed by atoms with Gasteiger partial charge in [-0.1, -0.05) is 6.07 Å². The summed E-state index contributed by atoms with van der Waals surface area (Å²) in [6.45, 7) is 0.188. The van der Waals surface area contributed by atoms with E-state index in [2.05, 4.69) is 15.3 Å². The van der Waals surface area contributed by atoms with E-state index in [4.69, 9.17) is 5.11 Å². The number of hydrogen-bond acceptors (Lipinski definition) is 4. The number of nitrogens with zero attached hydrogens (tertiary/aromatic N) is 2. The summed E-state index contributed by atoms with van der Waals surface area (Å²) in [5, 5.41) is 11.8. The fraction of sp³-hybridized carbons (Fsp3) is 0.0833. The molecule has 1 aromatic carbocycles. The molecule has 2 aromatic rings. The molecule has 1 heterocycles. The molecule has 0 fully saturated rings. The molecule has 0 bridgehead atoms. The summed E-state index contributed by atoms with van der Waals surface area (Å²) in [4.78, 5) is 18.5. The fourth-order valence-electron chi connectivity index (χ4n) is 1.46. The maximum absolute atomic E-state index is 12.9. The van der Waals surface area contributed by atoms with Gasteiger partial charge in [0, 0.05) is 11.9 Å². The van der Waals surface area contributed by atoms with E-state index in [1.807, 2.05) is 0 Å². The standard InChI is InChI=1S/C12H10FN3O2/c13-8-2-1-3-9(4-8)15-6-11-10(12(17)18)5-14-7-16-11/h1-5,7,15H,6H2,(H,17,18). The molecule has 0 amide bonds. The van der Waals surface area contributed by atoms with E-state index in [1.54, 1.807) is 12.1 Å². The van der Waals surface area contributed by atoms with Crippen LogP contribution >= 0.6 is 0 Å². The average Bonchev–Trinajstić information content (AvgIpc) is 2.37. The number of aromatic carboxylic acids is 1. The third-order valence-electron chi connectivity index (χ3n) is 2.31. The average molecular weight is 247 g/mol. The maximum atomic E-state index is 12.9. The third kappa shape index (κ3) is 2.79. The van der Waals surface area contributed by atoms with E-state index < -0.39 is 5.97 Å². The SMILES string of the molecule is O=C(O)c1cncnc1CNc1cccc(F)c1. The lowest BCUT2D eigenvalue weighted by Crippen LogP contribution is -2.10. The van der Waals surface area contributed by atoms with Crippen molar-refractivity contribution in [3.8, 4) is 0 Å². The molecule has 92 valence electrons. The molecule has 6 heteroatoms. The van der Waals surface area contributed by atoms with Crippen molar-refractivity contribution in [3.63, 3.8) is 0 Å². The largest absolute Gasteiger partial charge is 0.478 e.